The van der Waals surface area contributed by atoms with E-state index < -0.39 is 0 Å². The van der Waals surface area contributed by atoms with E-state index in [0.29, 0.717) is 0 Å². The van der Waals surface area contributed by atoms with Crippen LogP contribution in [0, 0.1) is 6.92 Å². The molecule has 0 aliphatic carbocycles. The van der Waals surface area contributed by atoms with Crippen LogP contribution in [-0.2, 0) is 22.5 Å². The second-order valence-corrected chi connectivity index (χ2v) is 6.23. The highest BCUT2D eigenvalue weighted by molar-refractivity contribution is 5.89. The van der Waals surface area contributed by atoms with Crippen LogP contribution < -0.4 is 0 Å². The Bertz CT molecular complexity index is 891. The molecule has 1 heterocycles. The number of esters is 1. The number of carbonyl (C=O) groups is 1. The third-order valence-corrected chi connectivity index (χ3v) is 4.43. The Morgan fingerprint density at radius 1 is 1.16 bits per heavy atom. The van der Waals surface area contributed by atoms with Gasteiger partial charge in [0.1, 0.15) is 0 Å². The predicted octanol–water partition coefficient (Wildman–Crippen LogP) is 4.77. The van der Waals surface area contributed by atoms with Crippen molar-refractivity contribution in [2.45, 2.75) is 26.3 Å². The Balaban J connectivity index is 1.77. The SMILES string of the molecule is COC(=O)C=Cc1ccc2c(C)cn(CCCc3ccccc3)c2c1. The highest BCUT2D eigenvalue weighted by Gasteiger charge is 2.06. The molecule has 0 fully saturated rings. The van der Waals surface area contributed by atoms with Crippen molar-refractivity contribution in [3.8, 4) is 0 Å². The fourth-order valence-electron chi connectivity index (χ4n) is 3.11. The van der Waals surface area contributed by atoms with Gasteiger partial charge in [0, 0.05) is 29.7 Å². The van der Waals surface area contributed by atoms with Gasteiger partial charge in [0.15, 0.2) is 0 Å². The Labute approximate surface area is 148 Å². The summed E-state index contributed by atoms with van der Waals surface area (Å²) in [6.07, 6.45) is 7.62. The smallest absolute Gasteiger partial charge is 0.330 e. The zero-order chi connectivity index (χ0) is 17.6. The van der Waals surface area contributed by atoms with Gasteiger partial charge in [0.25, 0.3) is 0 Å². The second-order valence-electron chi connectivity index (χ2n) is 6.23. The summed E-state index contributed by atoms with van der Waals surface area (Å²) in [6, 6.07) is 16.9. The van der Waals surface area contributed by atoms with Crippen LogP contribution in [0.15, 0.2) is 60.8 Å². The molecule has 2 aromatic carbocycles. The summed E-state index contributed by atoms with van der Waals surface area (Å²) in [5.74, 6) is -0.338. The van der Waals surface area contributed by atoms with Crippen LogP contribution >= 0.6 is 0 Å². The van der Waals surface area contributed by atoms with E-state index >= 15 is 0 Å². The minimum absolute atomic E-state index is 0.338. The number of rotatable bonds is 6. The molecular weight excluding hydrogens is 310 g/mol. The lowest BCUT2D eigenvalue weighted by atomic mass is 10.1. The highest BCUT2D eigenvalue weighted by atomic mass is 16.5. The maximum absolute atomic E-state index is 11.3. The number of aryl methyl sites for hydroxylation is 3. The second kappa shape index (κ2) is 7.84. The van der Waals surface area contributed by atoms with Crippen molar-refractivity contribution in [1.82, 2.24) is 4.57 Å². The molecular formula is C22H23NO2. The molecule has 0 aliphatic heterocycles. The molecule has 0 saturated carbocycles. The Kier molecular flexibility index (Phi) is 5.34. The number of fused-ring (bicyclic) bond motifs is 1. The van der Waals surface area contributed by atoms with Gasteiger partial charge in [0.2, 0.25) is 0 Å². The molecule has 0 amide bonds. The van der Waals surface area contributed by atoms with Crippen molar-refractivity contribution in [3.63, 3.8) is 0 Å². The van der Waals surface area contributed by atoms with E-state index in [1.54, 1.807) is 6.08 Å². The number of carbonyl (C=O) groups excluding carboxylic acids is 1. The van der Waals surface area contributed by atoms with Gasteiger partial charge in [-0.25, -0.2) is 4.79 Å². The van der Waals surface area contributed by atoms with E-state index in [9.17, 15) is 4.79 Å². The monoisotopic (exact) mass is 333 g/mol. The maximum Gasteiger partial charge on any atom is 0.330 e. The molecule has 128 valence electrons. The van der Waals surface area contributed by atoms with Crippen LogP contribution in [0.4, 0.5) is 0 Å². The largest absolute Gasteiger partial charge is 0.466 e. The first kappa shape index (κ1) is 17.0. The van der Waals surface area contributed by atoms with Crippen molar-refractivity contribution in [2.75, 3.05) is 7.11 Å². The van der Waals surface area contributed by atoms with Crippen LogP contribution in [0.2, 0.25) is 0 Å². The van der Waals surface area contributed by atoms with Crippen molar-refractivity contribution >= 4 is 22.9 Å². The molecule has 0 N–H and O–H groups in total. The zero-order valence-electron chi connectivity index (χ0n) is 14.7. The average molecular weight is 333 g/mol. The van der Waals surface area contributed by atoms with Crippen LogP contribution in [0.1, 0.15) is 23.1 Å². The van der Waals surface area contributed by atoms with Crippen molar-refractivity contribution < 1.29 is 9.53 Å². The molecule has 0 unspecified atom stereocenters. The summed E-state index contributed by atoms with van der Waals surface area (Å²) < 4.78 is 6.96. The summed E-state index contributed by atoms with van der Waals surface area (Å²) in [6.45, 7) is 3.11. The Morgan fingerprint density at radius 2 is 1.96 bits per heavy atom. The van der Waals surface area contributed by atoms with Crippen LogP contribution in [0.25, 0.3) is 17.0 Å². The van der Waals surface area contributed by atoms with Crippen molar-refractivity contribution in [3.05, 3.63) is 77.5 Å². The molecule has 3 aromatic rings. The molecule has 0 saturated heterocycles. The van der Waals surface area contributed by atoms with E-state index in [2.05, 4.69) is 64.9 Å². The van der Waals surface area contributed by atoms with Gasteiger partial charge in [-0.15, -0.1) is 0 Å². The van der Waals surface area contributed by atoms with E-state index in [0.717, 1.165) is 24.9 Å². The number of ether oxygens (including phenoxy) is 1. The standard InChI is InChI=1S/C22H23NO2/c1-17-16-23(14-6-9-18-7-4-3-5-8-18)21-15-19(10-12-20(17)21)11-13-22(24)25-2/h3-5,7-8,10-13,15-16H,6,9,14H2,1-2H3. The lowest BCUT2D eigenvalue weighted by Gasteiger charge is -2.06. The summed E-state index contributed by atoms with van der Waals surface area (Å²) in [5, 5.41) is 1.26. The summed E-state index contributed by atoms with van der Waals surface area (Å²) in [5.41, 5.74) is 4.86. The Hall–Kier alpha value is -2.81. The predicted molar refractivity (Wildman–Crippen MR) is 102 cm³/mol. The third-order valence-electron chi connectivity index (χ3n) is 4.43. The number of methoxy groups -OCH3 is 1. The molecule has 25 heavy (non-hydrogen) atoms. The molecule has 0 spiro atoms. The number of benzene rings is 2. The molecule has 0 aliphatic rings. The van der Waals surface area contributed by atoms with Crippen LogP contribution in [-0.4, -0.2) is 17.6 Å². The molecule has 0 radical (unpaired) electrons. The normalized spacial score (nSPS) is 11.3. The summed E-state index contributed by atoms with van der Waals surface area (Å²) in [4.78, 5) is 11.3. The van der Waals surface area contributed by atoms with E-state index in [-0.39, 0.29) is 5.97 Å². The topological polar surface area (TPSA) is 31.2 Å². The van der Waals surface area contributed by atoms with Crippen molar-refractivity contribution in [1.29, 1.82) is 0 Å². The molecule has 0 atom stereocenters. The summed E-state index contributed by atoms with van der Waals surface area (Å²) in [7, 11) is 1.39. The first-order valence-corrected chi connectivity index (χ1v) is 8.57. The van der Waals surface area contributed by atoms with Crippen molar-refractivity contribution in [2.24, 2.45) is 0 Å². The van der Waals surface area contributed by atoms with E-state index in [4.69, 9.17) is 0 Å². The molecule has 1 aromatic heterocycles. The highest BCUT2D eigenvalue weighted by Crippen LogP contribution is 2.23. The van der Waals surface area contributed by atoms with Gasteiger partial charge < -0.3 is 9.30 Å². The van der Waals surface area contributed by atoms with Gasteiger partial charge in [0.05, 0.1) is 7.11 Å². The lowest BCUT2D eigenvalue weighted by Crippen LogP contribution is -1.98. The molecule has 3 rings (SSSR count). The lowest BCUT2D eigenvalue weighted by molar-refractivity contribution is -0.134. The van der Waals surface area contributed by atoms with Crippen LogP contribution in [0.3, 0.4) is 0 Å². The van der Waals surface area contributed by atoms with Gasteiger partial charge in [-0.05, 0) is 48.6 Å². The molecule has 3 nitrogen and oxygen atoms in total. The zero-order valence-corrected chi connectivity index (χ0v) is 14.7. The number of hydrogen-bond acceptors (Lipinski definition) is 2. The van der Waals surface area contributed by atoms with E-state index in [1.165, 1.54) is 35.2 Å². The van der Waals surface area contributed by atoms with Crippen LogP contribution in [0.5, 0.6) is 0 Å². The first-order valence-electron chi connectivity index (χ1n) is 8.57. The average Bonchev–Trinajstić information content (AvgIpc) is 2.96. The van der Waals surface area contributed by atoms with E-state index in [1.807, 2.05) is 6.07 Å². The summed E-state index contributed by atoms with van der Waals surface area (Å²) >= 11 is 0. The number of aromatic nitrogens is 1. The number of nitrogens with zero attached hydrogens (tertiary/aromatic N) is 1. The van der Waals surface area contributed by atoms with Gasteiger partial charge in [-0.1, -0.05) is 42.5 Å². The fourth-order valence-corrected chi connectivity index (χ4v) is 3.11. The molecule has 0 bridgehead atoms. The van der Waals surface area contributed by atoms with Gasteiger partial charge >= 0.3 is 5.97 Å². The maximum atomic E-state index is 11.3. The third kappa shape index (κ3) is 4.18. The quantitative estimate of drug-likeness (QED) is 0.481. The Morgan fingerprint density at radius 3 is 2.72 bits per heavy atom. The number of hydrogen-bond donors (Lipinski definition) is 0. The minimum atomic E-state index is -0.338. The minimum Gasteiger partial charge on any atom is -0.466 e. The first-order chi connectivity index (χ1) is 12.2. The molecule has 3 heteroatoms. The van der Waals surface area contributed by atoms with Gasteiger partial charge in [-0.3, -0.25) is 0 Å². The fraction of sp³-hybridized carbons (Fsp3) is 0.227. The van der Waals surface area contributed by atoms with Gasteiger partial charge in [-0.2, -0.15) is 0 Å².